The Labute approximate surface area is 147 Å². The first-order valence-corrected chi connectivity index (χ1v) is 7.69. The average molecular weight is 363 g/mol. The van der Waals surface area contributed by atoms with Crippen LogP contribution < -0.4 is 10.6 Å². The molecule has 26 heavy (non-hydrogen) atoms. The van der Waals surface area contributed by atoms with E-state index in [1.807, 2.05) is 12.1 Å². The van der Waals surface area contributed by atoms with Crippen LogP contribution in [0.1, 0.15) is 16.8 Å². The molecule has 3 aromatic heterocycles. The van der Waals surface area contributed by atoms with Gasteiger partial charge in [-0.25, -0.2) is 4.98 Å². The summed E-state index contributed by atoms with van der Waals surface area (Å²) in [6, 6.07) is 3.76. The third-order valence-corrected chi connectivity index (χ3v) is 3.59. The predicted octanol–water partition coefficient (Wildman–Crippen LogP) is 3.23. The number of rotatable bonds is 5. The number of hydrogen-bond donors (Lipinski definition) is 2. The van der Waals surface area contributed by atoms with E-state index in [-0.39, 0.29) is 11.8 Å². The van der Waals surface area contributed by atoms with Gasteiger partial charge in [0.2, 0.25) is 5.95 Å². The van der Waals surface area contributed by atoms with Crippen molar-refractivity contribution in [1.82, 2.24) is 24.7 Å². The highest BCUT2D eigenvalue weighted by molar-refractivity contribution is 5.57. The SMILES string of the molecule is CNc1nc(Nc2cn(Cc3cccnc3)nc2C)ncc1C(F)(F)F. The summed E-state index contributed by atoms with van der Waals surface area (Å²) in [5.41, 5.74) is 1.33. The smallest absolute Gasteiger partial charge is 0.372 e. The van der Waals surface area contributed by atoms with E-state index >= 15 is 0 Å². The molecule has 3 rings (SSSR count). The van der Waals surface area contributed by atoms with Crippen LogP contribution in [0, 0.1) is 6.92 Å². The fourth-order valence-corrected chi connectivity index (χ4v) is 2.36. The fourth-order valence-electron chi connectivity index (χ4n) is 2.36. The highest BCUT2D eigenvalue weighted by Crippen LogP contribution is 2.33. The van der Waals surface area contributed by atoms with Crippen molar-refractivity contribution in [2.24, 2.45) is 0 Å². The maximum absolute atomic E-state index is 12.9. The molecule has 2 N–H and O–H groups in total. The van der Waals surface area contributed by atoms with E-state index < -0.39 is 11.7 Å². The Bertz CT molecular complexity index is 891. The van der Waals surface area contributed by atoms with Crippen LogP contribution >= 0.6 is 0 Å². The van der Waals surface area contributed by atoms with Crippen molar-refractivity contribution < 1.29 is 13.2 Å². The van der Waals surface area contributed by atoms with E-state index in [0.29, 0.717) is 17.9 Å². The van der Waals surface area contributed by atoms with Crippen LogP contribution in [-0.4, -0.2) is 31.8 Å². The first kappa shape index (κ1) is 17.6. The van der Waals surface area contributed by atoms with Crippen molar-refractivity contribution in [3.63, 3.8) is 0 Å². The Morgan fingerprint density at radius 3 is 2.69 bits per heavy atom. The molecule has 0 aliphatic rings. The minimum atomic E-state index is -4.53. The molecule has 0 bridgehead atoms. The topological polar surface area (TPSA) is 80.5 Å². The summed E-state index contributed by atoms with van der Waals surface area (Å²) in [5.74, 6) is -0.248. The second-order valence-corrected chi connectivity index (χ2v) is 5.52. The van der Waals surface area contributed by atoms with Gasteiger partial charge in [0.25, 0.3) is 0 Å². The molecule has 0 radical (unpaired) electrons. The summed E-state index contributed by atoms with van der Waals surface area (Å²) in [6.07, 6.45) is 1.38. The number of aryl methyl sites for hydroxylation is 1. The zero-order chi connectivity index (χ0) is 18.7. The number of halogens is 3. The lowest BCUT2D eigenvalue weighted by atomic mass is 10.3. The Morgan fingerprint density at radius 1 is 1.23 bits per heavy atom. The van der Waals surface area contributed by atoms with Crippen LogP contribution in [0.15, 0.2) is 36.9 Å². The molecule has 0 unspecified atom stereocenters. The molecule has 10 heteroatoms. The summed E-state index contributed by atoms with van der Waals surface area (Å²) in [7, 11) is 1.37. The molecule has 0 amide bonds. The molecule has 0 fully saturated rings. The lowest BCUT2D eigenvalue weighted by molar-refractivity contribution is -0.137. The predicted molar refractivity (Wildman–Crippen MR) is 90.2 cm³/mol. The van der Waals surface area contributed by atoms with Crippen molar-refractivity contribution in [3.8, 4) is 0 Å². The Kier molecular flexibility index (Phi) is 4.74. The first-order chi connectivity index (χ1) is 12.4. The van der Waals surface area contributed by atoms with Gasteiger partial charge in [0.1, 0.15) is 11.4 Å². The summed E-state index contributed by atoms with van der Waals surface area (Å²) < 4.78 is 40.4. The van der Waals surface area contributed by atoms with Gasteiger partial charge in [-0.2, -0.15) is 23.3 Å². The molecular formula is C16H16F3N7. The average Bonchev–Trinajstić information content (AvgIpc) is 2.93. The van der Waals surface area contributed by atoms with Gasteiger partial charge in [0.05, 0.1) is 17.9 Å². The first-order valence-electron chi connectivity index (χ1n) is 7.69. The largest absolute Gasteiger partial charge is 0.421 e. The van der Waals surface area contributed by atoms with Gasteiger partial charge in [-0.15, -0.1) is 0 Å². The molecule has 3 heterocycles. The normalized spacial score (nSPS) is 11.4. The maximum atomic E-state index is 12.9. The van der Waals surface area contributed by atoms with Crippen molar-refractivity contribution >= 4 is 17.5 Å². The van der Waals surface area contributed by atoms with E-state index in [9.17, 15) is 13.2 Å². The number of nitrogens with zero attached hydrogens (tertiary/aromatic N) is 5. The summed E-state index contributed by atoms with van der Waals surface area (Å²) in [6.45, 7) is 2.30. The number of anilines is 3. The van der Waals surface area contributed by atoms with Crippen LogP contribution in [0.25, 0.3) is 0 Å². The number of pyridine rings is 1. The van der Waals surface area contributed by atoms with E-state index in [0.717, 1.165) is 11.8 Å². The molecule has 7 nitrogen and oxygen atoms in total. The highest BCUT2D eigenvalue weighted by Gasteiger charge is 2.35. The minimum Gasteiger partial charge on any atom is -0.372 e. The summed E-state index contributed by atoms with van der Waals surface area (Å²) in [5, 5.41) is 9.72. The van der Waals surface area contributed by atoms with Gasteiger partial charge in [-0.3, -0.25) is 9.67 Å². The van der Waals surface area contributed by atoms with Crippen LogP contribution in [0.5, 0.6) is 0 Å². The molecule has 0 aliphatic carbocycles. The zero-order valence-electron chi connectivity index (χ0n) is 14.0. The standard InChI is InChI=1S/C16H16F3N7/c1-10-13(9-26(25-10)8-11-4-3-5-21-6-11)23-15-22-7-12(16(17,18)19)14(20-2)24-15/h3-7,9H,8H2,1-2H3,(H2,20,22,23,24). The quantitative estimate of drug-likeness (QED) is 0.724. The Hall–Kier alpha value is -3.17. The molecule has 0 atom stereocenters. The maximum Gasteiger partial charge on any atom is 0.421 e. The molecule has 3 aromatic rings. The van der Waals surface area contributed by atoms with Crippen molar-refractivity contribution in [3.05, 3.63) is 53.7 Å². The third-order valence-electron chi connectivity index (χ3n) is 3.59. The summed E-state index contributed by atoms with van der Waals surface area (Å²) in [4.78, 5) is 11.7. The van der Waals surface area contributed by atoms with Crippen LogP contribution in [0.4, 0.5) is 30.6 Å². The molecule has 0 spiro atoms. The number of alkyl halides is 3. The molecule has 136 valence electrons. The van der Waals surface area contributed by atoms with E-state index in [1.165, 1.54) is 7.05 Å². The Balaban J connectivity index is 1.81. The lowest BCUT2D eigenvalue weighted by Gasteiger charge is -2.12. The van der Waals surface area contributed by atoms with Gasteiger partial charge in [-0.05, 0) is 18.6 Å². The van der Waals surface area contributed by atoms with Crippen molar-refractivity contribution in [1.29, 1.82) is 0 Å². The zero-order valence-corrected chi connectivity index (χ0v) is 14.0. The lowest BCUT2D eigenvalue weighted by Crippen LogP contribution is -2.12. The highest BCUT2D eigenvalue weighted by atomic mass is 19.4. The number of aromatic nitrogens is 5. The minimum absolute atomic E-state index is 0.0476. The van der Waals surface area contributed by atoms with E-state index in [1.54, 1.807) is 30.2 Å². The second-order valence-electron chi connectivity index (χ2n) is 5.52. The molecule has 0 aliphatic heterocycles. The second kappa shape index (κ2) is 6.98. The van der Waals surface area contributed by atoms with Gasteiger partial charge in [0, 0.05) is 31.8 Å². The van der Waals surface area contributed by atoms with E-state index in [2.05, 4.69) is 30.7 Å². The van der Waals surface area contributed by atoms with Crippen molar-refractivity contribution in [2.75, 3.05) is 17.7 Å². The van der Waals surface area contributed by atoms with Gasteiger partial charge in [-0.1, -0.05) is 6.07 Å². The van der Waals surface area contributed by atoms with Gasteiger partial charge < -0.3 is 10.6 Å². The molecule has 0 saturated carbocycles. The summed E-state index contributed by atoms with van der Waals surface area (Å²) >= 11 is 0. The molecule has 0 aromatic carbocycles. The Morgan fingerprint density at radius 2 is 2.04 bits per heavy atom. The monoisotopic (exact) mass is 363 g/mol. The van der Waals surface area contributed by atoms with Crippen LogP contribution in [-0.2, 0) is 12.7 Å². The van der Waals surface area contributed by atoms with Crippen LogP contribution in [0.3, 0.4) is 0 Å². The molecular weight excluding hydrogens is 347 g/mol. The molecule has 0 saturated heterocycles. The van der Waals surface area contributed by atoms with Crippen molar-refractivity contribution in [2.45, 2.75) is 19.6 Å². The van der Waals surface area contributed by atoms with Crippen LogP contribution in [0.2, 0.25) is 0 Å². The van der Waals surface area contributed by atoms with Gasteiger partial charge in [0.15, 0.2) is 0 Å². The fraction of sp³-hybridized carbons (Fsp3) is 0.250. The van der Waals surface area contributed by atoms with E-state index in [4.69, 9.17) is 0 Å². The van der Waals surface area contributed by atoms with Gasteiger partial charge >= 0.3 is 6.18 Å². The number of nitrogens with one attached hydrogen (secondary N) is 2. The third kappa shape index (κ3) is 3.90. The number of hydrogen-bond acceptors (Lipinski definition) is 6.